The van der Waals surface area contributed by atoms with Gasteiger partial charge in [0.2, 0.25) is 0 Å². The van der Waals surface area contributed by atoms with Crippen LogP contribution in [0.25, 0.3) is 21.3 Å². The van der Waals surface area contributed by atoms with Gasteiger partial charge in [0, 0.05) is 34.3 Å². The molecule has 0 saturated heterocycles. The Morgan fingerprint density at radius 1 is 1.30 bits per heavy atom. The van der Waals surface area contributed by atoms with Crippen molar-refractivity contribution in [2.24, 2.45) is 0 Å². The SMILES string of the molecule is CCc1nc2sc(C)c(-c3ccc(Br)cc3)c2c(=O)n1CCCC(=O)OC. The number of hydrogen-bond acceptors (Lipinski definition) is 5. The maximum absolute atomic E-state index is 13.3. The molecule has 2 aromatic heterocycles. The molecule has 0 spiro atoms. The quantitative estimate of drug-likeness (QED) is 0.512. The summed E-state index contributed by atoms with van der Waals surface area (Å²) in [6, 6.07) is 7.96. The number of fused-ring (bicyclic) bond motifs is 1. The van der Waals surface area contributed by atoms with E-state index in [2.05, 4.69) is 15.9 Å². The van der Waals surface area contributed by atoms with Gasteiger partial charge in [0.1, 0.15) is 10.7 Å². The van der Waals surface area contributed by atoms with E-state index in [0.717, 1.165) is 31.1 Å². The monoisotopic (exact) mass is 448 g/mol. The second-order valence-corrected chi connectivity index (χ2v) is 8.36. The average molecular weight is 449 g/mol. The molecule has 142 valence electrons. The van der Waals surface area contributed by atoms with E-state index in [1.54, 1.807) is 15.9 Å². The third-order valence-electron chi connectivity index (χ3n) is 4.51. The minimum Gasteiger partial charge on any atom is -0.469 e. The molecule has 0 aliphatic heterocycles. The van der Waals surface area contributed by atoms with Crippen LogP contribution in [0.15, 0.2) is 33.5 Å². The number of esters is 1. The number of carbonyl (C=O) groups excluding carboxylic acids is 1. The normalized spacial score (nSPS) is 11.1. The zero-order valence-electron chi connectivity index (χ0n) is 15.5. The number of carbonyl (C=O) groups is 1. The lowest BCUT2D eigenvalue weighted by Crippen LogP contribution is -2.25. The highest BCUT2D eigenvalue weighted by atomic mass is 79.9. The van der Waals surface area contributed by atoms with Crippen molar-refractivity contribution in [3.63, 3.8) is 0 Å². The first kappa shape index (κ1) is 19.8. The number of hydrogen-bond donors (Lipinski definition) is 0. The molecule has 0 fully saturated rings. The molecular formula is C20H21BrN2O3S. The molecule has 0 atom stereocenters. The lowest BCUT2D eigenvalue weighted by molar-refractivity contribution is -0.140. The van der Waals surface area contributed by atoms with Gasteiger partial charge in [0.15, 0.2) is 0 Å². The van der Waals surface area contributed by atoms with Crippen LogP contribution in [0, 0.1) is 6.92 Å². The van der Waals surface area contributed by atoms with E-state index in [1.807, 2.05) is 38.1 Å². The van der Waals surface area contributed by atoms with Gasteiger partial charge in [-0.15, -0.1) is 11.3 Å². The molecule has 0 aliphatic carbocycles. The maximum atomic E-state index is 13.3. The molecule has 0 amide bonds. The van der Waals surface area contributed by atoms with Crippen LogP contribution < -0.4 is 5.56 Å². The summed E-state index contributed by atoms with van der Waals surface area (Å²) in [6.07, 6.45) is 1.49. The molecule has 0 N–H and O–H groups in total. The third kappa shape index (κ3) is 3.99. The standard InChI is InChI=1S/C20H21BrN2O3S/c1-4-15-22-19-18(20(25)23(15)11-5-6-16(24)26-3)17(12(2)27-19)13-7-9-14(21)10-8-13/h7-10H,4-6,11H2,1-3H3. The summed E-state index contributed by atoms with van der Waals surface area (Å²) in [6.45, 7) is 4.46. The molecule has 3 aromatic rings. The van der Waals surface area contributed by atoms with E-state index in [-0.39, 0.29) is 17.9 Å². The van der Waals surface area contributed by atoms with Crippen molar-refractivity contribution in [2.45, 2.75) is 39.7 Å². The number of thiophene rings is 1. The third-order valence-corrected chi connectivity index (χ3v) is 6.03. The fraction of sp³-hybridized carbons (Fsp3) is 0.350. The zero-order valence-corrected chi connectivity index (χ0v) is 17.9. The molecule has 2 heterocycles. The van der Waals surface area contributed by atoms with Gasteiger partial charge in [0.05, 0.1) is 12.5 Å². The minimum absolute atomic E-state index is 0.0380. The maximum Gasteiger partial charge on any atom is 0.305 e. The Bertz CT molecular complexity index is 1040. The number of methoxy groups -OCH3 is 1. The van der Waals surface area contributed by atoms with E-state index < -0.39 is 0 Å². The van der Waals surface area contributed by atoms with Crippen molar-refractivity contribution in [1.29, 1.82) is 0 Å². The molecular weight excluding hydrogens is 428 g/mol. The van der Waals surface area contributed by atoms with Crippen LogP contribution in [-0.4, -0.2) is 22.6 Å². The number of rotatable bonds is 6. The lowest BCUT2D eigenvalue weighted by atomic mass is 10.0. The predicted molar refractivity (Wildman–Crippen MR) is 112 cm³/mol. The Balaban J connectivity index is 2.12. The second kappa shape index (κ2) is 8.35. The van der Waals surface area contributed by atoms with Gasteiger partial charge in [-0.1, -0.05) is 35.0 Å². The molecule has 7 heteroatoms. The summed E-state index contributed by atoms with van der Waals surface area (Å²) in [7, 11) is 1.37. The van der Waals surface area contributed by atoms with Crippen molar-refractivity contribution in [2.75, 3.05) is 7.11 Å². The van der Waals surface area contributed by atoms with Crippen LogP contribution in [-0.2, 0) is 22.5 Å². The first-order valence-electron chi connectivity index (χ1n) is 8.81. The van der Waals surface area contributed by atoms with E-state index in [0.29, 0.717) is 24.8 Å². The first-order chi connectivity index (χ1) is 13.0. The van der Waals surface area contributed by atoms with Crippen molar-refractivity contribution in [3.8, 4) is 11.1 Å². The van der Waals surface area contributed by atoms with E-state index in [9.17, 15) is 9.59 Å². The molecule has 27 heavy (non-hydrogen) atoms. The predicted octanol–water partition coefficient (Wildman–Crippen LogP) is 4.71. The number of halogens is 1. The topological polar surface area (TPSA) is 61.2 Å². The fourth-order valence-electron chi connectivity index (χ4n) is 3.19. The van der Waals surface area contributed by atoms with Crippen LogP contribution in [0.3, 0.4) is 0 Å². The number of benzene rings is 1. The van der Waals surface area contributed by atoms with Crippen molar-refractivity contribution >= 4 is 43.5 Å². The largest absolute Gasteiger partial charge is 0.469 e. The number of aromatic nitrogens is 2. The summed E-state index contributed by atoms with van der Waals surface area (Å²) in [5, 5.41) is 0.662. The van der Waals surface area contributed by atoms with Crippen LogP contribution in [0.4, 0.5) is 0 Å². The van der Waals surface area contributed by atoms with Crippen LogP contribution in [0.5, 0.6) is 0 Å². The van der Waals surface area contributed by atoms with E-state index in [4.69, 9.17) is 9.72 Å². The molecule has 3 rings (SSSR count). The van der Waals surface area contributed by atoms with Gasteiger partial charge < -0.3 is 4.74 Å². The summed E-state index contributed by atoms with van der Waals surface area (Å²) < 4.78 is 7.39. The zero-order chi connectivity index (χ0) is 19.6. The van der Waals surface area contributed by atoms with Gasteiger partial charge in [-0.25, -0.2) is 4.98 Å². The number of nitrogens with zero attached hydrogens (tertiary/aromatic N) is 2. The molecule has 1 aromatic carbocycles. The molecule has 0 saturated carbocycles. The average Bonchev–Trinajstić information content (AvgIpc) is 2.99. The van der Waals surface area contributed by atoms with Crippen molar-refractivity contribution in [1.82, 2.24) is 9.55 Å². The molecule has 0 unspecified atom stereocenters. The summed E-state index contributed by atoms with van der Waals surface area (Å²) >= 11 is 5.01. The Morgan fingerprint density at radius 3 is 2.63 bits per heavy atom. The summed E-state index contributed by atoms with van der Waals surface area (Å²) in [5.74, 6) is 0.484. The Hall–Kier alpha value is -1.99. The highest BCUT2D eigenvalue weighted by Gasteiger charge is 2.19. The molecule has 0 bridgehead atoms. The molecule has 5 nitrogen and oxygen atoms in total. The van der Waals surface area contributed by atoms with Crippen LogP contribution in [0.1, 0.15) is 30.5 Å². The Labute approximate surface area is 170 Å². The summed E-state index contributed by atoms with van der Waals surface area (Å²) in [4.78, 5) is 31.3. The smallest absolute Gasteiger partial charge is 0.305 e. The van der Waals surface area contributed by atoms with Crippen molar-refractivity contribution in [3.05, 3.63) is 49.8 Å². The van der Waals surface area contributed by atoms with E-state index in [1.165, 1.54) is 7.11 Å². The minimum atomic E-state index is -0.267. The first-order valence-corrected chi connectivity index (χ1v) is 10.4. The molecule has 0 aliphatic rings. The Morgan fingerprint density at radius 2 is 2.00 bits per heavy atom. The van der Waals surface area contributed by atoms with Gasteiger partial charge in [-0.3, -0.25) is 14.2 Å². The van der Waals surface area contributed by atoms with Gasteiger partial charge >= 0.3 is 5.97 Å². The molecule has 0 radical (unpaired) electrons. The van der Waals surface area contributed by atoms with Crippen molar-refractivity contribution < 1.29 is 9.53 Å². The Kier molecular flexibility index (Phi) is 6.11. The van der Waals surface area contributed by atoms with Crippen LogP contribution in [0.2, 0.25) is 0 Å². The summed E-state index contributed by atoms with van der Waals surface area (Å²) in [5.41, 5.74) is 1.92. The van der Waals surface area contributed by atoms with Gasteiger partial charge in [0.25, 0.3) is 5.56 Å². The van der Waals surface area contributed by atoms with Crippen LogP contribution >= 0.6 is 27.3 Å². The number of aryl methyl sites for hydroxylation is 2. The fourth-order valence-corrected chi connectivity index (χ4v) is 4.50. The van der Waals surface area contributed by atoms with Gasteiger partial charge in [-0.2, -0.15) is 0 Å². The lowest BCUT2D eigenvalue weighted by Gasteiger charge is -2.11. The highest BCUT2D eigenvalue weighted by Crippen LogP contribution is 2.36. The second-order valence-electron chi connectivity index (χ2n) is 6.24. The highest BCUT2D eigenvalue weighted by molar-refractivity contribution is 9.10. The number of ether oxygens (including phenoxy) is 1. The van der Waals surface area contributed by atoms with Gasteiger partial charge in [-0.05, 0) is 31.0 Å². The van der Waals surface area contributed by atoms with E-state index >= 15 is 0 Å².